The first-order valence-corrected chi connectivity index (χ1v) is 13.7. The van der Waals surface area contributed by atoms with E-state index in [2.05, 4.69) is 4.90 Å². The van der Waals surface area contributed by atoms with Crippen LogP contribution in [0.5, 0.6) is 5.75 Å². The first kappa shape index (κ1) is 23.8. The average molecular weight is 508 g/mol. The summed E-state index contributed by atoms with van der Waals surface area (Å²) in [4.78, 5) is 21.6. The van der Waals surface area contributed by atoms with Crippen molar-refractivity contribution in [3.8, 4) is 5.75 Å². The number of fused-ring (bicyclic) bond motifs is 1. The number of amides is 1. The Morgan fingerprint density at radius 2 is 1.85 bits per heavy atom. The predicted octanol–water partition coefficient (Wildman–Crippen LogP) is 4.25. The third-order valence-corrected chi connectivity index (χ3v) is 8.69. The summed E-state index contributed by atoms with van der Waals surface area (Å²) in [6.07, 6.45) is 0.512. The Morgan fingerprint density at radius 1 is 1.12 bits per heavy atom. The van der Waals surface area contributed by atoms with E-state index in [4.69, 9.17) is 21.3 Å². The van der Waals surface area contributed by atoms with Gasteiger partial charge in [-0.1, -0.05) is 22.9 Å². The van der Waals surface area contributed by atoms with Crippen LogP contribution in [0.15, 0.2) is 47.4 Å². The Labute approximate surface area is 202 Å². The number of rotatable bonds is 8. The van der Waals surface area contributed by atoms with E-state index < -0.39 is 9.84 Å². The highest BCUT2D eigenvalue weighted by atomic mass is 35.5. The van der Waals surface area contributed by atoms with Crippen molar-refractivity contribution < 1.29 is 17.9 Å². The molecule has 4 rings (SSSR count). The van der Waals surface area contributed by atoms with Crippen LogP contribution in [0.1, 0.15) is 19.8 Å². The summed E-state index contributed by atoms with van der Waals surface area (Å²) < 4.78 is 31.5. The van der Waals surface area contributed by atoms with Crippen LogP contribution in [0.2, 0.25) is 5.02 Å². The zero-order chi connectivity index (χ0) is 23.4. The van der Waals surface area contributed by atoms with Crippen LogP contribution in [0, 0.1) is 0 Å². The quantitative estimate of drug-likeness (QED) is 0.453. The standard InChI is InChI=1S/C23H26ClN3O4S2/c1-2-31-18-7-10-20-21(16-18)32-23(25-20)27-13-11-26(12-14-27)22(28)4-3-15-33(29,30)19-8-5-17(24)6-9-19/h5-10,16H,2-4,11-15H2,1H3. The van der Waals surface area contributed by atoms with Crippen molar-refractivity contribution in [3.63, 3.8) is 0 Å². The number of hydrogen-bond donors (Lipinski definition) is 0. The molecule has 0 saturated carbocycles. The monoisotopic (exact) mass is 507 g/mol. The van der Waals surface area contributed by atoms with E-state index >= 15 is 0 Å². The number of ether oxygens (including phenoxy) is 1. The Morgan fingerprint density at radius 3 is 2.55 bits per heavy atom. The summed E-state index contributed by atoms with van der Waals surface area (Å²) >= 11 is 7.45. The third kappa shape index (κ3) is 5.77. The van der Waals surface area contributed by atoms with Gasteiger partial charge >= 0.3 is 0 Å². The van der Waals surface area contributed by atoms with Crippen LogP contribution in [-0.4, -0.2) is 62.7 Å². The number of carbonyl (C=O) groups is 1. The molecule has 3 aromatic rings. The zero-order valence-electron chi connectivity index (χ0n) is 18.4. The molecule has 0 unspecified atom stereocenters. The number of thiazole rings is 1. The second-order valence-electron chi connectivity index (χ2n) is 7.80. The first-order valence-electron chi connectivity index (χ1n) is 10.9. The van der Waals surface area contributed by atoms with Gasteiger partial charge in [0.15, 0.2) is 15.0 Å². The smallest absolute Gasteiger partial charge is 0.222 e. The maximum Gasteiger partial charge on any atom is 0.222 e. The van der Waals surface area contributed by atoms with E-state index in [0.717, 1.165) is 21.1 Å². The van der Waals surface area contributed by atoms with Gasteiger partial charge in [0.2, 0.25) is 5.91 Å². The second-order valence-corrected chi connectivity index (χ2v) is 11.4. The third-order valence-electron chi connectivity index (χ3n) is 5.54. The summed E-state index contributed by atoms with van der Waals surface area (Å²) in [5, 5.41) is 1.43. The number of sulfone groups is 1. The van der Waals surface area contributed by atoms with E-state index in [0.29, 0.717) is 44.2 Å². The maximum absolute atomic E-state index is 12.6. The average Bonchev–Trinajstić information content (AvgIpc) is 3.23. The molecule has 0 N–H and O–H groups in total. The van der Waals surface area contributed by atoms with Crippen LogP contribution >= 0.6 is 22.9 Å². The molecule has 2 aromatic carbocycles. The number of hydrogen-bond acceptors (Lipinski definition) is 7. The van der Waals surface area contributed by atoms with Crippen LogP contribution in [0.3, 0.4) is 0 Å². The molecule has 0 atom stereocenters. The van der Waals surface area contributed by atoms with Gasteiger partial charge in [0, 0.05) is 37.6 Å². The Kier molecular flexibility index (Phi) is 7.41. The fourth-order valence-electron chi connectivity index (χ4n) is 3.76. The van der Waals surface area contributed by atoms with E-state index in [-0.39, 0.29) is 23.0 Å². The van der Waals surface area contributed by atoms with Gasteiger partial charge in [0.05, 0.1) is 27.5 Å². The molecule has 1 saturated heterocycles. The fourth-order valence-corrected chi connectivity index (χ4v) is 6.25. The second kappa shape index (κ2) is 10.3. The molecule has 176 valence electrons. The van der Waals surface area contributed by atoms with Gasteiger partial charge in [-0.15, -0.1) is 0 Å². The van der Waals surface area contributed by atoms with Gasteiger partial charge in [0.25, 0.3) is 0 Å². The minimum atomic E-state index is -3.42. The lowest BCUT2D eigenvalue weighted by atomic mass is 10.2. The number of nitrogens with zero attached hydrogens (tertiary/aromatic N) is 3. The largest absolute Gasteiger partial charge is 0.494 e. The Bertz CT molecular complexity index is 1220. The number of benzene rings is 2. The van der Waals surface area contributed by atoms with Crippen LogP contribution in [0.25, 0.3) is 10.2 Å². The number of piperazine rings is 1. The van der Waals surface area contributed by atoms with Crippen LogP contribution < -0.4 is 9.64 Å². The predicted molar refractivity (Wildman–Crippen MR) is 132 cm³/mol. The SMILES string of the molecule is CCOc1ccc2nc(N3CCN(C(=O)CCCS(=O)(=O)c4ccc(Cl)cc4)CC3)sc2c1. The molecule has 33 heavy (non-hydrogen) atoms. The number of carbonyl (C=O) groups excluding carboxylic acids is 1. The van der Waals surface area contributed by atoms with Crippen molar-refractivity contribution >= 4 is 54.0 Å². The number of aromatic nitrogens is 1. The number of anilines is 1. The summed E-state index contributed by atoms with van der Waals surface area (Å²) in [6.45, 7) is 5.19. The molecule has 1 aromatic heterocycles. The lowest BCUT2D eigenvalue weighted by Crippen LogP contribution is -2.48. The molecule has 0 spiro atoms. The molecule has 0 aliphatic carbocycles. The summed E-state index contributed by atoms with van der Waals surface area (Å²) in [6, 6.07) is 12.0. The summed E-state index contributed by atoms with van der Waals surface area (Å²) in [5.74, 6) is 0.774. The topological polar surface area (TPSA) is 79.8 Å². The molecule has 10 heteroatoms. The van der Waals surface area contributed by atoms with E-state index in [1.165, 1.54) is 12.1 Å². The van der Waals surface area contributed by atoms with Crippen molar-refractivity contribution in [1.29, 1.82) is 0 Å². The van der Waals surface area contributed by atoms with Crippen molar-refractivity contribution in [3.05, 3.63) is 47.5 Å². The van der Waals surface area contributed by atoms with Crippen molar-refractivity contribution in [2.24, 2.45) is 0 Å². The Balaban J connectivity index is 1.27. The van der Waals surface area contributed by atoms with Gasteiger partial charge < -0.3 is 14.5 Å². The maximum atomic E-state index is 12.6. The van der Waals surface area contributed by atoms with Gasteiger partial charge in [-0.25, -0.2) is 13.4 Å². The highest BCUT2D eigenvalue weighted by Gasteiger charge is 2.24. The van der Waals surface area contributed by atoms with Crippen molar-refractivity contribution in [2.75, 3.05) is 43.4 Å². The summed E-state index contributed by atoms with van der Waals surface area (Å²) in [5.41, 5.74) is 0.943. The lowest BCUT2D eigenvalue weighted by Gasteiger charge is -2.34. The molecule has 0 radical (unpaired) electrons. The fraction of sp³-hybridized carbons (Fsp3) is 0.391. The molecular weight excluding hydrogens is 482 g/mol. The highest BCUT2D eigenvalue weighted by Crippen LogP contribution is 2.32. The normalized spacial score (nSPS) is 14.6. The van der Waals surface area contributed by atoms with Crippen molar-refractivity contribution in [2.45, 2.75) is 24.7 Å². The van der Waals surface area contributed by atoms with Gasteiger partial charge in [-0.3, -0.25) is 4.79 Å². The minimum Gasteiger partial charge on any atom is -0.494 e. The minimum absolute atomic E-state index is 0.00777. The number of halogens is 1. The van der Waals surface area contributed by atoms with Crippen molar-refractivity contribution in [1.82, 2.24) is 9.88 Å². The molecule has 0 bridgehead atoms. The Hall–Kier alpha value is -2.36. The molecule has 1 fully saturated rings. The zero-order valence-corrected chi connectivity index (χ0v) is 20.8. The molecule has 1 amide bonds. The van der Waals surface area contributed by atoms with Gasteiger partial charge in [0.1, 0.15) is 5.75 Å². The molecule has 1 aliphatic rings. The lowest BCUT2D eigenvalue weighted by molar-refractivity contribution is -0.131. The van der Waals surface area contributed by atoms with E-state index in [1.54, 1.807) is 23.5 Å². The first-order chi connectivity index (χ1) is 15.9. The summed E-state index contributed by atoms with van der Waals surface area (Å²) in [7, 11) is -3.42. The molecular formula is C23H26ClN3O4S2. The van der Waals surface area contributed by atoms with Crippen LogP contribution in [0.4, 0.5) is 5.13 Å². The molecule has 2 heterocycles. The molecule has 7 nitrogen and oxygen atoms in total. The van der Waals surface area contributed by atoms with Crippen LogP contribution in [-0.2, 0) is 14.6 Å². The van der Waals surface area contributed by atoms with Gasteiger partial charge in [-0.2, -0.15) is 0 Å². The van der Waals surface area contributed by atoms with E-state index in [1.807, 2.05) is 30.0 Å². The highest BCUT2D eigenvalue weighted by molar-refractivity contribution is 7.91. The molecule has 1 aliphatic heterocycles. The van der Waals surface area contributed by atoms with E-state index in [9.17, 15) is 13.2 Å². The van der Waals surface area contributed by atoms with Gasteiger partial charge in [-0.05, 0) is 55.8 Å².